The zero-order valence-electron chi connectivity index (χ0n) is 17.6. The van der Waals surface area contributed by atoms with Crippen LogP contribution in [0.1, 0.15) is 52.4 Å². The van der Waals surface area contributed by atoms with Gasteiger partial charge in [-0.2, -0.15) is 0 Å². The highest BCUT2D eigenvalue weighted by molar-refractivity contribution is 6.01. The summed E-state index contributed by atoms with van der Waals surface area (Å²) in [6.45, 7) is 4.21. The van der Waals surface area contributed by atoms with Crippen LogP contribution in [-0.4, -0.2) is 62.4 Å². The Morgan fingerprint density at radius 3 is 1.48 bits per heavy atom. The van der Waals surface area contributed by atoms with Crippen molar-refractivity contribution in [2.75, 3.05) is 27.4 Å². The monoisotopic (exact) mass is 413 g/mol. The maximum Gasteiger partial charge on any atom is 0.327 e. The molecule has 2 fully saturated rings. The molecule has 0 aromatic rings. The van der Waals surface area contributed by atoms with Gasteiger partial charge in [0.25, 0.3) is 0 Å². The summed E-state index contributed by atoms with van der Waals surface area (Å²) in [6.07, 6.45) is 3.19. The number of rotatable bonds is 10. The van der Waals surface area contributed by atoms with Gasteiger partial charge in [-0.3, -0.25) is 24.5 Å². The maximum absolute atomic E-state index is 13.0. The summed E-state index contributed by atoms with van der Waals surface area (Å²) in [7, 11) is 2.40. The summed E-state index contributed by atoms with van der Waals surface area (Å²) >= 11 is 0. The van der Waals surface area contributed by atoms with Gasteiger partial charge in [0.2, 0.25) is 0 Å². The highest BCUT2D eigenvalue weighted by Crippen LogP contribution is 2.54. The van der Waals surface area contributed by atoms with Crippen LogP contribution in [0.4, 0.5) is 0 Å². The summed E-state index contributed by atoms with van der Waals surface area (Å²) in [5, 5.41) is 2.95. The molecule has 0 radical (unpaired) electrons. The molecule has 9 nitrogen and oxygen atoms in total. The van der Waals surface area contributed by atoms with Crippen molar-refractivity contribution in [2.24, 2.45) is 11.8 Å². The van der Waals surface area contributed by atoms with Crippen molar-refractivity contribution < 1.29 is 38.1 Å². The molecule has 29 heavy (non-hydrogen) atoms. The fourth-order valence-corrected chi connectivity index (χ4v) is 4.37. The van der Waals surface area contributed by atoms with Gasteiger partial charge in [-0.05, 0) is 25.7 Å². The summed E-state index contributed by atoms with van der Waals surface area (Å²) < 4.78 is 20.6. The van der Waals surface area contributed by atoms with Crippen LogP contribution < -0.4 is 5.32 Å². The van der Waals surface area contributed by atoms with Crippen LogP contribution in [-0.2, 0) is 38.1 Å². The average molecular weight is 413 g/mol. The first-order valence-corrected chi connectivity index (χ1v) is 10.1. The van der Waals surface area contributed by atoms with E-state index < -0.39 is 46.8 Å². The first-order chi connectivity index (χ1) is 13.8. The molecule has 164 valence electrons. The fourth-order valence-electron chi connectivity index (χ4n) is 4.37. The van der Waals surface area contributed by atoms with E-state index in [4.69, 9.17) is 18.9 Å². The van der Waals surface area contributed by atoms with Gasteiger partial charge in [-0.1, -0.05) is 26.7 Å². The molecule has 0 unspecified atom stereocenters. The van der Waals surface area contributed by atoms with E-state index in [0.717, 1.165) is 12.8 Å². The minimum atomic E-state index is -1.54. The number of carbonyl (C=O) groups excluding carboxylic acids is 4. The molecule has 2 rings (SSSR count). The Morgan fingerprint density at radius 2 is 1.17 bits per heavy atom. The van der Waals surface area contributed by atoms with Crippen LogP contribution >= 0.6 is 0 Å². The van der Waals surface area contributed by atoms with E-state index in [1.165, 1.54) is 14.2 Å². The number of fused-ring (bicyclic) bond motifs is 2. The molecule has 4 atom stereocenters. The van der Waals surface area contributed by atoms with E-state index >= 15 is 0 Å². The summed E-state index contributed by atoms with van der Waals surface area (Å²) in [5.74, 6) is -5.37. The Kier molecular flexibility index (Phi) is 7.62. The zero-order chi connectivity index (χ0) is 21.7. The average Bonchev–Trinajstić information content (AvgIpc) is 3.27. The van der Waals surface area contributed by atoms with Gasteiger partial charge in [-0.15, -0.1) is 0 Å². The molecule has 0 aliphatic carbocycles. The second-order valence-corrected chi connectivity index (χ2v) is 7.55. The van der Waals surface area contributed by atoms with Gasteiger partial charge in [-0.25, -0.2) is 0 Å². The van der Waals surface area contributed by atoms with E-state index in [1.54, 1.807) is 0 Å². The van der Waals surface area contributed by atoms with Crippen molar-refractivity contribution in [3.8, 4) is 0 Å². The normalized spacial score (nSPS) is 29.9. The standard InChI is InChI=1S/C20H31NO8/c1-5-7-11-28-15(22)13-14(16(23)29-12-8-6-2)20(18(25)27-4)10-9-19(13,21-20)17(24)26-3/h13-14,21H,5-12H2,1-4H3/t13-,14-,19-,20+/m1/s1. The van der Waals surface area contributed by atoms with Crippen LogP contribution in [0.3, 0.4) is 0 Å². The van der Waals surface area contributed by atoms with Crippen LogP contribution in [0, 0.1) is 11.8 Å². The summed E-state index contributed by atoms with van der Waals surface area (Å²) in [4.78, 5) is 51.5. The maximum atomic E-state index is 13.0. The van der Waals surface area contributed by atoms with Crippen molar-refractivity contribution in [3.05, 3.63) is 0 Å². The second kappa shape index (κ2) is 9.56. The Labute approximate surface area is 170 Å². The Balaban J connectivity index is 2.46. The topological polar surface area (TPSA) is 117 Å². The molecule has 0 aromatic heterocycles. The SMILES string of the molecule is CCCCOC(=O)[C@H]1[C@H](C(=O)OCCCC)[C@]2(C(=O)OC)CC[C@@]1(C(=O)OC)N2. The number of hydrogen-bond donors (Lipinski definition) is 1. The van der Waals surface area contributed by atoms with Gasteiger partial charge >= 0.3 is 23.9 Å². The van der Waals surface area contributed by atoms with E-state index in [2.05, 4.69) is 5.32 Å². The second-order valence-electron chi connectivity index (χ2n) is 7.55. The number of unbranched alkanes of at least 4 members (excludes halogenated alkanes) is 2. The van der Waals surface area contributed by atoms with E-state index in [9.17, 15) is 19.2 Å². The zero-order valence-corrected chi connectivity index (χ0v) is 17.6. The van der Waals surface area contributed by atoms with Gasteiger partial charge in [0.1, 0.15) is 22.9 Å². The molecule has 2 heterocycles. The molecule has 2 aliphatic heterocycles. The van der Waals surface area contributed by atoms with E-state index in [1.807, 2.05) is 13.8 Å². The third-order valence-corrected chi connectivity index (χ3v) is 5.85. The van der Waals surface area contributed by atoms with Gasteiger partial charge in [0, 0.05) is 0 Å². The van der Waals surface area contributed by atoms with Crippen molar-refractivity contribution in [2.45, 2.75) is 63.5 Å². The molecule has 1 N–H and O–H groups in total. The molecule has 0 amide bonds. The third kappa shape index (κ3) is 3.97. The number of methoxy groups -OCH3 is 2. The van der Waals surface area contributed by atoms with E-state index in [0.29, 0.717) is 12.8 Å². The molecule has 2 bridgehead atoms. The number of carbonyl (C=O) groups is 4. The number of hydrogen-bond acceptors (Lipinski definition) is 9. The smallest absolute Gasteiger partial charge is 0.327 e. The predicted molar refractivity (Wildman–Crippen MR) is 101 cm³/mol. The highest BCUT2D eigenvalue weighted by atomic mass is 16.6. The van der Waals surface area contributed by atoms with Crippen LogP contribution in [0.15, 0.2) is 0 Å². The predicted octanol–water partition coefficient (Wildman–Crippen LogP) is 1.13. The summed E-state index contributed by atoms with van der Waals surface area (Å²) in [5.41, 5.74) is -3.08. The first kappa shape index (κ1) is 23.1. The molecule has 0 spiro atoms. The largest absolute Gasteiger partial charge is 0.468 e. The lowest BCUT2D eigenvalue weighted by molar-refractivity contribution is -0.172. The van der Waals surface area contributed by atoms with Gasteiger partial charge in [0.15, 0.2) is 0 Å². The molecule has 9 heteroatoms. The lowest BCUT2D eigenvalue weighted by Crippen LogP contribution is -2.54. The van der Waals surface area contributed by atoms with Crippen molar-refractivity contribution in [1.29, 1.82) is 0 Å². The van der Waals surface area contributed by atoms with Gasteiger partial charge in [0.05, 0.1) is 27.4 Å². The number of esters is 4. The molecule has 2 saturated heterocycles. The quantitative estimate of drug-likeness (QED) is 0.319. The summed E-state index contributed by atoms with van der Waals surface area (Å²) in [6, 6.07) is 0. The number of nitrogens with one attached hydrogen (secondary N) is 1. The molecule has 2 aliphatic rings. The first-order valence-electron chi connectivity index (χ1n) is 10.1. The minimum Gasteiger partial charge on any atom is -0.468 e. The van der Waals surface area contributed by atoms with Crippen LogP contribution in [0.2, 0.25) is 0 Å². The Morgan fingerprint density at radius 1 is 0.793 bits per heavy atom. The minimum absolute atomic E-state index is 0.140. The molecular formula is C20H31NO8. The third-order valence-electron chi connectivity index (χ3n) is 5.85. The molecular weight excluding hydrogens is 382 g/mol. The van der Waals surface area contributed by atoms with Crippen LogP contribution in [0.5, 0.6) is 0 Å². The van der Waals surface area contributed by atoms with Gasteiger partial charge < -0.3 is 18.9 Å². The van der Waals surface area contributed by atoms with Crippen molar-refractivity contribution in [1.82, 2.24) is 5.32 Å². The molecule has 0 aromatic carbocycles. The lowest BCUT2D eigenvalue weighted by Gasteiger charge is -2.35. The Hall–Kier alpha value is -2.16. The number of ether oxygens (including phenoxy) is 4. The highest BCUT2D eigenvalue weighted by Gasteiger charge is 2.77. The van der Waals surface area contributed by atoms with Crippen molar-refractivity contribution in [3.63, 3.8) is 0 Å². The molecule has 0 saturated carbocycles. The van der Waals surface area contributed by atoms with Crippen LogP contribution in [0.25, 0.3) is 0 Å². The fraction of sp³-hybridized carbons (Fsp3) is 0.800. The lowest BCUT2D eigenvalue weighted by atomic mass is 9.66. The Bertz CT molecular complexity index is 596. The van der Waals surface area contributed by atoms with E-state index in [-0.39, 0.29) is 26.1 Å². The van der Waals surface area contributed by atoms with Crippen molar-refractivity contribution >= 4 is 23.9 Å².